The van der Waals surface area contributed by atoms with Crippen LogP contribution in [0.2, 0.25) is 0 Å². The second-order valence-corrected chi connectivity index (χ2v) is 4.94. The van der Waals surface area contributed by atoms with Gasteiger partial charge in [-0.05, 0) is 19.1 Å². The Morgan fingerprint density at radius 1 is 1.47 bits per heavy atom. The lowest BCUT2D eigenvalue weighted by Gasteiger charge is -2.08. The summed E-state index contributed by atoms with van der Waals surface area (Å²) >= 11 is 0. The van der Waals surface area contributed by atoms with Crippen LogP contribution in [0.3, 0.4) is 0 Å². The Labute approximate surface area is 88.3 Å². The van der Waals surface area contributed by atoms with Crippen LogP contribution in [-0.2, 0) is 10.0 Å². The molecule has 1 aromatic carbocycles. The zero-order valence-corrected chi connectivity index (χ0v) is 9.14. The topological polar surface area (TPSA) is 72.2 Å². The molecule has 4 nitrogen and oxygen atoms in total. The van der Waals surface area contributed by atoms with Crippen molar-refractivity contribution in [3.63, 3.8) is 0 Å². The van der Waals surface area contributed by atoms with Crippen LogP contribution in [0, 0.1) is 12.7 Å². The molecule has 6 heteroatoms. The minimum Gasteiger partial charge on any atom is -0.384 e. The molecule has 0 atom stereocenters. The van der Waals surface area contributed by atoms with Crippen molar-refractivity contribution in [3.05, 3.63) is 29.6 Å². The molecule has 0 spiro atoms. The molecule has 84 valence electrons. The molecule has 3 N–H and O–H groups in total. The maximum atomic E-state index is 13.1. The summed E-state index contributed by atoms with van der Waals surface area (Å²) in [6, 6.07) is 4.59. The minimum atomic E-state index is -3.47. The molecule has 0 amide bonds. The van der Waals surface area contributed by atoms with E-state index in [-0.39, 0.29) is 18.1 Å². The van der Waals surface area contributed by atoms with Gasteiger partial charge in [0.2, 0.25) is 10.0 Å². The van der Waals surface area contributed by atoms with Gasteiger partial charge < -0.3 is 5.32 Å². The monoisotopic (exact) mass is 232 g/mol. The zero-order valence-electron chi connectivity index (χ0n) is 8.33. The zero-order chi connectivity index (χ0) is 11.5. The summed E-state index contributed by atoms with van der Waals surface area (Å²) in [4.78, 5) is 0. The van der Waals surface area contributed by atoms with Gasteiger partial charge in [-0.1, -0.05) is 6.07 Å². The van der Waals surface area contributed by atoms with Gasteiger partial charge in [0.25, 0.3) is 0 Å². The van der Waals surface area contributed by atoms with Crippen LogP contribution in [0.15, 0.2) is 18.2 Å². The summed E-state index contributed by atoms with van der Waals surface area (Å²) in [7, 11) is -3.47. The van der Waals surface area contributed by atoms with Gasteiger partial charge in [-0.2, -0.15) is 0 Å². The Bertz CT molecular complexity index is 445. The van der Waals surface area contributed by atoms with E-state index in [9.17, 15) is 12.8 Å². The minimum absolute atomic E-state index is 0.170. The van der Waals surface area contributed by atoms with E-state index in [2.05, 4.69) is 5.32 Å². The van der Waals surface area contributed by atoms with Crippen LogP contribution >= 0.6 is 0 Å². The fourth-order valence-electron chi connectivity index (χ4n) is 1.13. The van der Waals surface area contributed by atoms with Crippen molar-refractivity contribution in [1.82, 2.24) is 0 Å². The highest BCUT2D eigenvalue weighted by Crippen LogP contribution is 2.16. The predicted octanol–water partition coefficient (Wildman–Crippen LogP) is 0.835. The number of sulfonamides is 1. The van der Waals surface area contributed by atoms with Gasteiger partial charge in [-0.3, -0.25) is 0 Å². The van der Waals surface area contributed by atoms with Crippen LogP contribution in [0.4, 0.5) is 10.1 Å². The fraction of sp³-hybridized carbons (Fsp3) is 0.333. The predicted molar refractivity (Wildman–Crippen MR) is 57.6 cm³/mol. The first-order valence-electron chi connectivity index (χ1n) is 4.39. The number of primary sulfonamides is 1. The number of anilines is 1. The molecule has 0 saturated heterocycles. The van der Waals surface area contributed by atoms with E-state index >= 15 is 0 Å². The summed E-state index contributed by atoms with van der Waals surface area (Å²) in [5, 5.41) is 7.64. The maximum absolute atomic E-state index is 13.1. The number of halogens is 1. The van der Waals surface area contributed by atoms with Gasteiger partial charge in [0, 0.05) is 17.8 Å². The summed E-state index contributed by atoms with van der Waals surface area (Å²) in [6.07, 6.45) is 0. The molecule has 0 saturated carbocycles. The number of hydrogen-bond donors (Lipinski definition) is 2. The molecular weight excluding hydrogens is 219 g/mol. The fourth-order valence-corrected chi connectivity index (χ4v) is 1.51. The van der Waals surface area contributed by atoms with Crippen LogP contribution in [0.25, 0.3) is 0 Å². The lowest BCUT2D eigenvalue weighted by Crippen LogP contribution is -2.22. The van der Waals surface area contributed by atoms with E-state index in [1.165, 1.54) is 6.07 Å². The molecule has 1 rings (SSSR count). The molecule has 0 heterocycles. The number of nitrogens with two attached hydrogens (primary N) is 1. The highest BCUT2D eigenvalue weighted by molar-refractivity contribution is 7.89. The van der Waals surface area contributed by atoms with Gasteiger partial charge >= 0.3 is 0 Å². The number of benzene rings is 1. The molecule has 0 aliphatic rings. The lowest BCUT2D eigenvalue weighted by atomic mass is 10.2. The van der Waals surface area contributed by atoms with Crippen LogP contribution in [0.5, 0.6) is 0 Å². The Balaban J connectivity index is 2.62. The SMILES string of the molecule is Cc1c(F)cccc1NCCS(N)(=O)=O. The molecule has 0 radical (unpaired) electrons. The quantitative estimate of drug-likeness (QED) is 0.807. The molecule has 0 bridgehead atoms. The molecule has 0 aromatic heterocycles. The lowest BCUT2D eigenvalue weighted by molar-refractivity contribution is 0.598. The second kappa shape index (κ2) is 4.59. The van der Waals surface area contributed by atoms with Crippen molar-refractivity contribution in [2.45, 2.75) is 6.92 Å². The van der Waals surface area contributed by atoms with E-state index < -0.39 is 10.0 Å². The summed E-state index contributed by atoms with van der Waals surface area (Å²) in [5.74, 6) is -0.501. The molecule has 0 aliphatic carbocycles. The Morgan fingerprint density at radius 2 is 2.13 bits per heavy atom. The second-order valence-electron chi connectivity index (χ2n) is 3.21. The van der Waals surface area contributed by atoms with Gasteiger partial charge in [0.1, 0.15) is 5.82 Å². The van der Waals surface area contributed by atoms with Crippen molar-refractivity contribution >= 4 is 15.7 Å². The average Bonchev–Trinajstić information content (AvgIpc) is 2.10. The third-order valence-electron chi connectivity index (χ3n) is 1.97. The van der Waals surface area contributed by atoms with Gasteiger partial charge in [0.15, 0.2) is 0 Å². The van der Waals surface area contributed by atoms with Gasteiger partial charge in [-0.25, -0.2) is 17.9 Å². The van der Waals surface area contributed by atoms with Crippen molar-refractivity contribution in [1.29, 1.82) is 0 Å². The van der Waals surface area contributed by atoms with Gasteiger partial charge in [0.05, 0.1) is 5.75 Å². The van der Waals surface area contributed by atoms with Crippen LogP contribution in [-0.4, -0.2) is 20.7 Å². The Kier molecular flexibility index (Phi) is 3.65. The van der Waals surface area contributed by atoms with Gasteiger partial charge in [-0.15, -0.1) is 0 Å². The standard InChI is InChI=1S/C9H13FN2O2S/c1-7-8(10)3-2-4-9(7)12-5-6-15(11,13)14/h2-4,12H,5-6H2,1H3,(H2,11,13,14). The van der Waals surface area contributed by atoms with E-state index in [0.717, 1.165) is 0 Å². The van der Waals surface area contributed by atoms with Crippen molar-refractivity contribution in [3.8, 4) is 0 Å². The van der Waals surface area contributed by atoms with Crippen LogP contribution < -0.4 is 10.5 Å². The highest BCUT2D eigenvalue weighted by atomic mass is 32.2. The van der Waals surface area contributed by atoms with Crippen molar-refractivity contribution < 1.29 is 12.8 Å². The molecule has 0 unspecified atom stereocenters. The maximum Gasteiger partial charge on any atom is 0.210 e. The Morgan fingerprint density at radius 3 is 2.73 bits per heavy atom. The normalized spacial score (nSPS) is 11.4. The third-order valence-corrected chi connectivity index (χ3v) is 2.74. The van der Waals surface area contributed by atoms with Crippen LogP contribution in [0.1, 0.15) is 5.56 Å². The average molecular weight is 232 g/mol. The van der Waals surface area contributed by atoms with E-state index in [1.54, 1.807) is 19.1 Å². The number of nitrogens with one attached hydrogen (secondary N) is 1. The first-order valence-corrected chi connectivity index (χ1v) is 6.11. The number of hydrogen-bond acceptors (Lipinski definition) is 3. The molecule has 0 aliphatic heterocycles. The largest absolute Gasteiger partial charge is 0.384 e. The van der Waals surface area contributed by atoms with E-state index in [0.29, 0.717) is 11.3 Å². The van der Waals surface area contributed by atoms with Crippen molar-refractivity contribution in [2.75, 3.05) is 17.6 Å². The van der Waals surface area contributed by atoms with E-state index in [1.807, 2.05) is 0 Å². The third kappa shape index (κ3) is 3.85. The van der Waals surface area contributed by atoms with E-state index in [4.69, 9.17) is 5.14 Å². The number of rotatable bonds is 4. The highest BCUT2D eigenvalue weighted by Gasteiger charge is 2.05. The molecular formula is C9H13FN2O2S. The summed E-state index contributed by atoms with van der Waals surface area (Å²) < 4.78 is 34.3. The molecule has 0 fully saturated rings. The Hall–Kier alpha value is -1.14. The molecule has 1 aromatic rings. The first-order chi connectivity index (χ1) is 6.90. The first kappa shape index (κ1) is 11.9. The summed E-state index contributed by atoms with van der Waals surface area (Å²) in [5.41, 5.74) is 1.05. The van der Waals surface area contributed by atoms with Crippen molar-refractivity contribution in [2.24, 2.45) is 5.14 Å². The smallest absolute Gasteiger partial charge is 0.210 e. The summed E-state index contributed by atoms with van der Waals surface area (Å²) in [6.45, 7) is 1.79. The molecule has 15 heavy (non-hydrogen) atoms.